The minimum atomic E-state index is -1.09. The molecule has 1 unspecified atom stereocenters. The van der Waals surface area contributed by atoms with Crippen molar-refractivity contribution in [1.29, 1.82) is 0 Å². The second kappa shape index (κ2) is 14.2. The van der Waals surface area contributed by atoms with E-state index >= 15 is 0 Å². The number of pyridine rings is 1. The Balaban J connectivity index is 1.81. The van der Waals surface area contributed by atoms with Gasteiger partial charge in [0.15, 0.2) is 5.56 Å². The molecule has 0 saturated heterocycles. The normalized spacial score (nSPS) is 12.9. The van der Waals surface area contributed by atoms with E-state index in [-0.39, 0.29) is 24.5 Å². The number of benzene rings is 2. The highest BCUT2D eigenvalue weighted by Crippen LogP contribution is 2.39. The third kappa shape index (κ3) is 6.40. The summed E-state index contributed by atoms with van der Waals surface area (Å²) in [5.74, 6) is 2.11. The van der Waals surface area contributed by atoms with E-state index in [4.69, 9.17) is 23.9 Å². The summed E-state index contributed by atoms with van der Waals surface area (Å²) >= 11 is 0. The number of carbonyl (C=O) groups excluding carboxylic acids is 1. The van der Waals surface area contributed by atoms with Crippen LogP contribution in [0.5, 0.6) is 17.2 Å². The highest BCUT2D eigenvalue weighted by atomic mass is 32.2. The van der Waals surface area contributed by atoms with Gasteiger partial charge in [-0.3, -0.25) is 9.00 Å². The molecule has 1 aliphatic carbocycles. The first-order valence-electron chi connectivity index (χ1n) is 15.0. The van der Waals surface area contributed by atoms with Crippen LogP contribution in [-0.4, -0.2) is 51.4 Å². The zero-order chi connectivity index (χ0) is 32.1. The van der Waals surface area contributed by atoms with E-state index in [9.17, 15) is 13.8 Å². The zero-order valence-electron chi connectivity index (χ0n) is 26.4. The Bertz CT molecular complexity index is 1780. The molecule has 2 aromatic carbocycles. The first-order valence-corrected chi connectivity index (χ1v) is 16.5. The topological polar surface area (TPSA) is 111 Å². The summed E-state index contributed by atoms with van der Waals surface area (Å²) in [6.45, 7) is 4.81. The van der Waals surface area contributed by atoms with Crippen molar-refractivity contribution < 1.29 is 28.0 Å². The van der Waals surface area contributed by atoms with Gasteiger partial charge in [0.2, 0.25) is 0 Å². The van der Waals surface area contributed by atoms with Crippen LogP contribution >= 0.6 is 0 Å². The number of hydrogen-bond acceptors (Lipinski definition) is 8. The van der Waals surface area contributed by atoms with Gasteiger partial charge in [-0.25, -0.2) is 9.78 Å². The van der Waals surface area contributed by atoms with Gasteiger partial charge >= 0.3 is 5.97 Å². The number of fused-ring (bicyclic) bond motifs is 3. The van der Waals surface area contributed by atoms with Gasteiger partial charge < -0.3 is 28.1 Å². The molecule has 0 saturated carbocycles. The van der Waals surface area contributed by atoms with Gasteiger partial charge in [0.1, 0.15) is 35.4 Å². The molecule has 0 spiro atoms. The molecule has 4 aromatic rings. The number of nitrogens with zero attached hydrogens (tertiary/aromatic N) is 3. The number of hydrogen-bond donors (Lipinski definition) is 0. The van der Waals surface area contributed by atoms with Crippen molar-refractivity contribution in [1.82, 2.24) is 14.1 Å². The highest BCUT2D eigenvalue weighted by Gasteiger charge is 2.33. The molecule has 11 heteroatoms. The third-order valence-corrected chi connectivity index (χ3v) is 9.32. The molecule has 0 bridgehead atoms. The van der Waals surface area contributed by atoms with Crippen LogP contribution in [0.15, 0.2) is 53.3 Å². The summed E-state index contributed by atoms with van der Waals surface area (Å²) in [4.78, 5) is 33.0. The fourth-order valence-corrected chi connectivity index (χ4v) is 6.59. The fraction of sp³-hybridized carbons (Fsp3) is 0.382. The molecule has 0 N–H and O–H groups in total. The summed E-state index contributed by atoms with van der Waals surface area (Å²) in [6, 6.07) is 15.0. The first kappa shape index (κ1) is 32.0. The van der Waals surface area contributed by atoms with E-state index in [0.717, 1.165) is 17.7 Å². The van der Waals surface area contributed by atoms with E-state index in [1.807, 2.05) is 50.2 Å². The van der Waals surface area contributed by atoms with Gasteiger partial charge in [-0.05, 0) is 43.9 Å². The lowest BCUT2D eigenvalue weighted by molar-refractivity contribution is 0.0592. The maximum absolute atomic E-state index is 14.5. The van der Waals surface area contributed by atoms with Crippen molar-refractivity contribution >= 4 is 16.8 Å². The molecule has 10 nitrogen and oxygen atoms in total. The predicted molar refractivity (Wildman–Crippen MR) is 173 cm³/mol. The number of imidazole rings is 1. The molecule has 2 heterocycles. The lowest BCUT2D eigenvalue weighted by Gasteiger charge is -2.22. The van der Waals surface area contributed by atoms with E-state index in [1.54, 1.807) is 30.9 Å². The van der Waals surface area contributed by atoms with Crippen LogP contribution in [0.4, 0.5) is 0 Å². The average Bonchev–Trinajstić information content (AvgIpc) is 3.29. The molecule has 0 fully saturated rings. The quantitative estimate of drug-likeness (QED) is 0.202. The largest absolute Gasteiger partial charge is 0.497 e. The van der Waals surface area contributed by atoms with Crippen molar-refractivity contribution in [2.24, 2.45) is 0 Å². The van der Waals surface area contributed by atoms with Gasteiger partial charge in [0.05, 0.1) is 39.3 Å². The van der Waals surface area contributed by atoms with E-state index < -0.39 is 22.3 Å². The van der Waals surface area contributed by atoms with Crippen LogP contribution in [-0.2, 0) is 53.8 Å². The van der Waals surface area contributed by atoms with Crippen LogP contribution < -0.4 is 19.8 Å². The Morgan fingerprint density at radius 1 is 1.00 bits per heavy atom. The molecule has 1 atom stereocenters. The molecule has 0 amide bonds. The van der Waals surface area contributed by atoms with Crippen LogP contribution in [0.1, 0.15) is 58.8 Å². The molecule has 0 aliphatic heterocycles. The van der Waals surface area contributed by atoms with Gasteiger partial charge in [0, 0.05) is 46.0 Å². The minimum absolute atomic E-state index is 0.0892. The maximum atomic E-state index is 14.5. The second-order valence-electron chi connectivity index (χ2n) is 10.7. The van der Waals surface area contributed by atoms with Crippen molar-refractivity contribution in [2.75, 3.05) is 27.1 Å². The number of aromatic nitrogens is 3. The number of rotatable bonds is 12. The predicted octanol–water partition coefficient (Wildman–Crippen LogP) is 4.92. The van der Waals surface area contributed by atoms with Crippen molar-refractivity contribution in [2.45, 2.75) is 58.6 Å². The Morgan fingerprint density at radius 2 is 1.78 bits per heavy atom. The van der Waals surface area contributed by atoms with Crippen molar-refractivity contribution in [3.63, 3.8) is 0 Å². The Hall–Kier alpha value is -4.38. The van der Waals surface area contributed by atoms with E-state index in [1.165, 1.54) is 7.11 Å². The highest BCUT2D eigenvalue weighted by molar-refractivity contribution is 7.84. The van der Waals surface area contributed by atoms with Crippen LogP contribution in [0.25, 0.3) is 11.4 Å². The standard InChI is InChI=1S/C34H39N3O7S/c1-6-36-26-15-11-14-25-31(30(26)35-28(36)21-45(40)7-2)37(19-23-16-17-24(41-3)18-27(23)42-4)33(38)29(34(39)43-5)32(25)44-20-22-12-9-8-10-13-22/h8-10,12-13,16-18H,6-7,11,14-15,19-21H2,1-5H3. The molecule has 5 rings (SSSR count). The maximum Gasteiger partial charge on any atom is 0.347 e. The zero-order valence-corrected chi connectivity index (χ0v) is 27.2. The van der Waals surface area contributed by atoms with Gasteiger partial charge in [0.25, 0.3) is 5.56 Å². The van der Waals surface area contributed by atoms with Gasteiger partial charge in [-0.2, -0.15) is 0 Å². The van der Waals surface area contributed by atoms with Crippen LogP contribution in [0.2, 0.25) is 0 Å². The van der Waals surface area contributed by atoms with E-state index in [2.05, 4.69) is 4.57 Å². The van der Waals surface area contributed by atoms with Crippen LogP contribution in [0, 0.1) is 0 Å². The third-order valence-electron chi connectivity index (χ3n) is 8.10. The first-order chi connectivity index (χ1) is 21.8. The van der Waals surface area contributed by atoms with Crippen molar-refractivity contribution in [3.05, 3.63) is 92.7 Å². The molecular formula is C34H39N3O7S. The number of carbonyl (C=O) groups is 1. The van der Waals surface area contributed by atoms with Gasteiger partial charge in [-0.1, -0.05) is 37.3 Å². The monoisotopic (exact) mass is 633 g/mol. The summed E-state index contributed by atoms with van der Waals surface area (Å²) in [6.07, 6.45) is 1.96. The minimum Gasteiger partial charge on any atom is -0.497 e. The summed E-state index contributed by atoms with van der Waals surface area (Å²) in [5, 5.41) is 0. The summed E-state index contributed by atoms with van der Waals surface area (Å²) in [5.41, 5.74) is 3.78. The lowest BCUT2D eigenvalue weighted by Crippen LogP contribution is -2.31. The van der Waals surface area contributed by atoms with E-state index in [0.29, 0.717) is 70.7 Å². The molecule has 0 radical (unpaired) electrons. The summed E-state index contributed by atoms with van der Waals surface area (Å²) in [7, 11) is 3.30. The molecule has 238 valence electrons. The fourth-order valence-electron chi connectivity index (χ4n) is 5.88. The molecule has 1 aliphatic rings. The molecular weight excluding hydrogens is 594 g/mol. The second-order valence-corrected chi connectivity index (χ2v) is 12.4. The molecule has 45 heavy (non-hydrogen) atoms. The lowest BCUT2D eigenvalue weighted by atomic mass is 10.0. The van der Waals surface area contributed by atoms with Gasteiger partial charge in [-0.15, -0.1) is 0 Å². The number of ether oxygens (including phenoxy) is 4. The Kier molecular flexibility index (Phi) is 10.1. The Labute approximate surface area is 265 Å². The average molecular weight is 634 g/mol. The summed E-state index contributed by atoms with van der Waals surface area (Å²) < 4.78 is 39.0. The number of esters is 1. The SMILES string of the molecule is CCn1c(CS(=O)CC)nc2c1CCCc1c(OCc3ccccc3)c(C(=O)OC)c(=O)n(Cc3ccc(OC)cc3OC)c1-2. The smallest absolute Gasteiger partial charge is 0.347 e. The number of methoxy groups -OCH3 is 3. The Morgan fingerprint density at radius 3 is 2.44 bits per heavy atom. The molecule has 2 aromatic heterocycles. The van der Waals surface area contributed by atoms with Crippen LogP contribution in [0.3, 0.4) is 0 Å². The van der Waals surface area contributed by atoms with Crippen molar-refractivity contribution in [3.8, 4) is 28.6 Å².